The van der Waals surface area contributed by atoms with E-state index in [2.05, 4.69) is 34.3 Å². The standard InChI is InChI=1S/C16H21N3O/c1-2-19-8-6-12(7-9-19)15-10-13-4-3-5-14(17-11-20)16(13)18-15/h3-5,10-12,18H,2,6-9H2,1H3,(H,17,20). The van der Waals surface area contributed by atoms with E-state index in [1.54, 1.807) is 0 Å². The van der Waals surface area contributed by atoms with Crippen molar-refractivity contribution in [2.75, 3.05) is 25.0 Å². The lowest BCUT2D eigenvalue weighted by atomic mass is 9.93. The van der Waals surface area contributed by atoms with E-state index in [1.807, 2.05) is 12.1 Å². The number of carbonyl (C=O) groups excluding carboxylic acids is 1. The zero-order valence-corrected chi connectivity index (χ0v) is 11.9. The second kappa shape index (κ2) is 5.67. The summed E-state index contributed by atoms with van der Waals surface area (Å²) in [5.74, 6) is 0.606. The Morgan fingerprint density at radius 1 is 1.40 bits per heavy atom. The topological polar surface area (TPSA) is 48.1 Å². The number of aromatic nitrogens is 1. The van der Waals surface area contributed by atoms with Gasteiger partial charge in [0, 0.05) is 17.0 Å². The number of para-hydroxylation sites is 1. The Morgan fingerprint density at radius 3 is 2.90 bits per heavy atom. The van der Waals surface area contributed by atoms with Gasteiger partial charge in [0.15, 0.2) is 0 Å². The van der Waals surface area contributed by atoms with Gasteiger partial charge in [-0.2, -0.15) is 0 Å². The van der Waals surface area contributed by atoms with Crippen molar-refractivity contribution in [3.63, 3.8) is 0 Å². The molecule has 0 aliphatic carbocycles. The molecule has 2 N–H and O–H groups in total. The van der Waals surface area contributed by atoms with Gasteiger partial charge in [-0.05, 0) is 44.6 Å². The molecule has 0 bridgehead atoms. The number of anilines is 1. The van der Waals surface area contributed by atoms with Crippen LogP contribution in [0.2, 0.25) is 0 Å². The molecule has 1 aromatic carbocycles. The number of nitrogens with zero attached hydrogens (tertiary/aromatic N) is 1. The van der Waals surface area contributed by atoms with Crippen LogP contribution in [0.3, 0.4) is 0 Å². The van der Waals surface area contributed by atoms with Crippen molar-refractivity contribution in [1.29, 1.82) is 0 Å². The Hall–Kier alpha value is -1.81. The number of piperidine rings is 1. The zero-order valence-electron chi connectivity index (χ0n) is 11.9. The highest BCUT2D eigenvalue weighted by molar-refractivity contribution is 5.95. The van der Waals surface area contributed by atoms with Crippen molar-refractivity contribution >= 4 is 23.0 Å². The van der Waals surface area contributed by atoms with Crippen molar-refractivity contribution in [2.24, 2.45) is 0 Å². The molecular weight excluding hydrogens is 250 g/mol. The van der Waals surface area contributed by atoms with Crippen LogP contribution in [-0.4, -0.2) is 35.9 Å². The van der Waals surface area contributed by atoms with Gasteiger partial charge < -0.3 is 15.2 Å². The summed E-state index contributed by atoms with van der Waals surface area (Å²) in [4.78, 5) is 16.7. The van der Waals surface area contributed by atoms with Gasteiger partial charge in [-0.25, -0.2) is 0 Å². The molecule has 0 saturated carbocycles. The first-order chi connectivity index (χ1) is 9.81. The monoisotopic (exact) mass is 271 g/mol. The van der Waals surface area contributed by atoms with Gasteiger partial charge in [-0.1, -0.05) is 19.1 Å². The summed E-state index contributed by atoms with van der Waals surface area (Å²) in [5.41, 5.74) is 3.19. The molecule has 3 rings (SSSR count). The predicted molar refractivity (Wildman–Crippen MR) is 82.1 cm³/mol. The number of benzene rings is 1. The molecule has 0 atom stereocenters. The summed E-state index contributed by atoms with van der Waals surface area (Å²) in [5, 5.41) is 3.93. The number of aromatic amines is 1. The lowest BCUT2D eigenvalue weighted by Gasteiger charge is -2.30. The Bertz CT molecular complexity index is 597. The van der Waals surface area contributed by atoms with Crippen LogP contribution < -0.4 is 5.32 Å². The van der Waals surface area contributed by atoms with Gasteiger partial charge in [0.2, 0.25) is 6.41 Å². The van der Waals surface area contributed by atoms with Crippen LogP contribution in [0.4, 0.5) is 5.69 Å². The molecule has 20 heavy (non-hydrogen) atoms. The number of fused-ring (bicyclic) bond motifs is 1. The van der Waals surface area contributed by atoms with E-state index in [-0.39, 0.29) is 0 Å². The molecule has 1 amide bonds. The van der Waals surface area contributed by atoms with Gasteiger partial charge >= 0.3 is 0 Å². The Morgan fingerprint density at radius 2 is 2.20 bits per heavy atom. The number of hydrogen-bond acceptors (Lipinski definition) is 2. The van der Waals surface area contributed by atoms with Gasteiger partial charge in [0.1, 0.15) is 0 Å². The summed E-state index contributed by atoms with van der Waals surface area (Å²) in [7, 11) is 0. The fourth-order valence-electron chi connectivity index (χ4n) is 3.14. The first-order valence-corrected chi connectivity index (χ1v) is 7.36. The van der Waals surface area contributed by atoms with Crippen LogP contribution in [0.5, 0.6) is 0 Å². The molecule has 0 unspecified atom stereocenters. The van der Waals surface area contributed by atoms with Crippen molar-refractivity contribution in [2.45, 2.75) is 25.7 Å². The maximum atomic E-state index is 10.7. The van der Waals surface area contributed by atoms with Crippen LogP contribution in [0.25, 0.3) is 10.9 Å². The Kier molecular flexibility index (Phi) is 3.74. The molecule has 1 fully saturated rings. The largest absolute Gasteiger partial charge is 0.356 e. The number of likely N-dealkylation sites (tertiary alicyclic amines) is 1. The van der Waals surface area contributed by atoms with E-state index >= 15 is 0 Å². The van der Waals surface area contributed by atoms with E-state index < -0.39 is 0 Å². The molecular formula is C16H21N3O. The molecule has 0 spiro atoms. The minimum atomic E-state index is 0.606. The normalized spacial score (nSPS) is 17.4. The molecule has 0 radical (unpaired) electrons. The van der Waals surface area contributed by atoms with Gasteiger partial charge in [0.05, 0.1) is 11.2 Å². The van der Waals surface area contributed by atoms with Crippen molar-refractivity contribution < 1.29 is 4.79 Å². The average Bonchev–Trinajstić information content (AvgIpc) is 2.93. The first kappa shape index (κ1) is 13.2. The van der Waals surface area contributed by atoms with E-state index in [0.29, 0.717) is 5.92 Å². The molecule has 1 saturated heterocycles. The van der Waals surface area contributed by atoms with Crippen LogP contribution in [0.1, 0.15) is 31.4 Å². The number of H-pyrrole nitrogens is 1. The van der Waals surface area contributed by atoms with Crippen LogP contribution >= 0.6 is 0 Å². The maximum Gasteiger partial charge on any atom is 0.211 e. The lowest BCUT2D eigenvalue weighted by molar-refractivity contribution is -0.105. The third-order valence-corrected chi connectivity index (χ3v) is 4.37. The number of nitrogens with one attached hydrogen (secondary N) is 2. The highest BCUT2D eigenvalue weighted by Crippen LogP contribution is 2.32. The van der Waals surface area contributed by atoms with Crippen LogP contribution in [0, 0.1) is 0 Å². The number of rotatable bonds is 4. The summed E-state index contributed by atoms with van der Waals surface area (Å²) in [6.45, 7) is 5.72. The summed E-state index contributed by atoms with van der Waals surface area (Å²) in [6.07, 6.45) is 3.14. The van der Waals surface area contributed by atoms with E-state index in [4.69, 9.17) is 0 Å². The summed E-state index contributed by atoms with van der Waals surface area (Å²) in [6, 6.07) is 8.23. The molecule has 106 valence electrons. The molecule has 1 aliphatic rings. The van der Waals surface area contributed by atoms with Crippen molar-refractivity contribution in [3.05, 3.63) is 30.0 Å². The number of hydrogen-bond donors (Lipinski definition) is 2. The SMILES string of the molecule is CCN1CCC(c2cc3cccc(NC=O)c3[nH]2)CC1. The fourth-order valence-corrected chi connectivity index (χ4v) is 3.14. The van der Waals surface area contributed by atoms with Crippen LogP contribution in [-0.2, 0) is 4.79 Å². The quantitative estimate of drug-likeness (QED) is 0.840. The minimum Gasteiger partial charge on any atom is -0.356 e. The minimum absolute atomic E-state index is 0.606. The molecule has 4 heteroatoms. The smallest absolute Gasteiger partial charge is 0.211 e. The first-order valence-electron chi connectivity index (χ1n) is 7.36. The zero-order chi connectivity index (χ0) is 13.9. The molecule has 2 heterocycles. The summed E-state index contributed by atoms with van der Waals surface area (Å²) >= 11 is 0. The summed E-state index contributed by atoms with van der Waals surface area (Å²) < 4.78 is 0. The Labute approximate surface area is 119 Å². The molecule has 1 aliphatic heterocycles. The highest BCUT2D eigenvalue weighted by Gasteiger charge is 2.21. The fraction of sp³-hybridized carbons (Fsp3) is 0.438. The Balaban J connectivity index is 1.86. The van der Waals surface area contributed by atoms with Gasteiger partial charge in [-0.3, -0.25) is 4.79 Å². The van der Waals surface area contributed by atoms with E-state index in [0.717, 1.165) is 24.2 Å². The van der Waals surface area contributed by atoms with Crippen molar-refractivity contribution in [1.82, 2.24) is 9.88 Å². The van der Waals surface area contributed by atoms with Gasteiger partial charge in [0.25, 0.3) is 0 Å². The highest BCUT2D eigenvalue weighted by atomic mass is 16.1. The second-order valence-corrected chi connectivity index (χ2v) is 5.47. The van der Waals surface area contributed by atoms with Crippen molar-refractivity contribution in [3.8, 4) is 0 Å². The van der Waals surface area contributed by atoms with E-state index in [1.165, 1.54) is 37.0 Å². The van der Waals surface area contributed by atoms with Crippen LogP contribution in [0.15, 0.2) is 24.3 Å². The third kappa shape index (κ3) is 2.43. The third-order valence-electron chi connectivity index (χ3n) is 4.37. The van der Waals surface area contributed by atoms with Gasteiger partial charge in [-0.15, -0.1) is 0 Å². The molecule has 1 aromatic heterocycles. The number of carbonyl (C=O) groups is 1. The second-order valence-electron chi connectivity index (χ2n) is 5.47. The molecule has 4 nitrogen and oxygen atoms in total. The average molecular weight is 271 g/mol. The predicted octanol–water partition coefficient (Wildman–Crippen LogP) is 2.94. The maximum absolute atomic E-state index is 10.7. The lowest BCUT2D eigenvalue weighted by Crippen LogP contribution is -2.32. The van der Waals surface area contributed by atoms with E-state index in [9.17, 15) is 4.79 Å². The molecule has 2 aromatic rings. The number of amides is 1.